The molecule has 1 amide bonds. The summed E-state index contributed by atoms with van der Waals surface area (Å²) in [6.45, 7) is 2.38. The summed E-state index contributed by atoms with van der Waals surface area (Å²) in [6, 6.07) is 3.03. The minimum atomic E-state index is -0.450. The Labute approximate surface area is 90.6 Å². The Hall–Kier alpha value is -1.69. The van der Waals surface area contributed by atoms with E-state index in [0.717, 1.165) is 11.3 Å². The average molecular weight is 226 g/mol. The number of hydrogen-bond donors (Lipinski definition) is 1. The summed E-state index contributed by atoms with van der Waals surface area (Å²) in [4.78, 5) is 21.6. The fourth-order valence-corrected chi connectivity index (χ4v) is 1.65. The third kappa shape index (κ3) is 3.51. The van der Waals surface area contributed by atoms with Gasteiger partial charge in [-0.15, -0.1) is 0 Å². The van der Waals surface area contributed by atoms with Crippen molar-refractivity contribution in [3.8, 4) is 0 Å². The number of nitrogens with zero attached hydrogens (tertiary/aromatic N) is 1. The summed E-state index contributed by atoms with van der Waals surface area (Å²) in [7, 11) is 0. The van der Waals surface area contributed by atoms with Gasteiger partial charge in [-0.3, -0.25) is 14.9 Å². The lowest BCUT2D eigenvalue weighted by atomic mass is 10.4. The number of amides is 1. The quantitative estimate of drug-likeness (QED) is 0.483. The molecule has 0 saturated carbocycles. The van der Waals surface area contributed by atoms with Crippen LogP contribution in [-0.2, 0) is 4.79 Å². The van der Waals surface area contributed by atoms with E-state index in [4.69, 9.17) is 0 Å². The monoisotopic (exact) mass is 226 g/mol. The van der Waals surface area contributed by atoms with Gasteiger partial charge < -0.3 is 5.32 Å². The van der Waals surface area contributed by atoms with Gasteiger partial charge in [0.05, 0.1) is 4.92 Å². The molecular formula is C9H10N2O3S. The molecule has 5 nitrogen and oxygen atoms in total. The largest absolute Gasteiger partial charge is 0.353 e. The summed E-state index contributed by atoms with van der Waals surface area (Å²) in [5.41, 5.74) is 0. The predicted molar refractivity (Wildman–Crippen MR) is 58.7 cm³/mol. The van der Waals surface area contributed by atoms with Crippen molar-refractivity contribution in [2.75, 3.05) is 6.54 Å². The van der Waals surface area contributed by atoms with Crippen LogP contribution in [0.1, 0.15) is 11.8 Å². The van der Waals surface area contributed by atoms with Crippen LogP contribution in [0.25, 0.3) is 6.08 Å². The van der Waals surface area contributed by atoms with Crippen molar-refractivity contribution in [3.05, 3.63) is 33.2 Å². The zero-order valence-electron chi connectivity index (χ0n) is 8.10. The zero-order chi connectivity index (χ0) is 11.3. The van der Waals surface area contributed by atoms with Crippen LogP contribution in [0.2, 0.25) is 0 Å². The first kappa shape index (κ1) is 11.4. The van der Waals surface area contributed by atoms with Crippen LogP contribution in [0.5, 0.6) is 0 Å². The van der Waals surface area contributed by atoms with Crippen LogP contribution in [0, 0.1) is 10.1 Å². The molecular weight excluding hydrogens is 216 g/mol. The van der Waals surface area contributed by atoms with E-state index in [9.17, 15) is 14.9 Å². The van der Waals surface area contributed by atoms with Gasteiger partial charge in [0.1, 0.15) is 0 Å². The van der Waals surface area contributed by atoms with Gasteiger partial charge in [-0.05, 0) is 19.1 Å². The molecule has 0 aliphatic carbocycles. The number of rotatable bonds is 4. The number of carbonyl (C=O) groups excluding carboxylic acids is 1. The number of hydrogen-bond acceptors (Lipinski definition) is 4. The highest BCUT2D eigenvalue weighted by molar-refractivity contribution is 7.16. The molecule has 1 N–H and O–H groups in total. The second-order valence-electron chi connectivity index (χ2n) is 2.66. The smallest absolute Gasteiger partial charge is 0.324 e. The normalized spacial score (nSPS) is 10.5. The lowest BCUT2D eigenvalue weighted by molar-refractivity contribution is -0.380. The molecule has 0 fully saturated rings. The first-order valence-corrected chi connectivity index (χ1v) is 5.15. The van der Waals surface area contributed by atoms with E-state index in [1.165, 1.54) is 12.1 Å². The van der Waals surface area contributed by atoms with Crippen LogP contribution < -0.4 is 5.32 Å². The predicted octanol–water partition coefficient (Wildman–Crippen LogP) is 1.81. The Morgan fingerprint density at radius 1 is 1.67 bits per heavy atom. The standard InChI is InChI=1S/C9H10N2O3S/c1-2-10-8(12)5-3-7-4-6-9(15-7)11(13)14/h3-6H,2H2,1H3,(H,10,12)/b5-3+. The number of likely N-dealkylation sites (N-methyl/N-ethyl adjacent to an activating group) is 1. The number of thiophene rings is 1. The molecule has 0 aliphatic heterocycles. The van der Waals surface area contributed by atoms with Crippen LogP contribution in [0.4, 0.5) is 5.00 Å². The Morgan fingerprint density at radius 2 is 2.40 bits per heavy atom. The fourth-order valence-electron chi connectivity index (χ4n) is 0.921. The second kappa shape index (κ2) is 5.26. The molecule has 0 aliphatic rings. The van der Waals surface area contributed by atoms with E-state index in [0.29, 0.717) is 11.4 Å². The lowest BCUT2D eigenvalue weighted by Crippen LogP contribution is -2.19. The molecule has 0 unspecified atom stereocenters. The maximum Gasteiger partial charge on any atom is 0.324 e. The Balaban J connectivity index is 2.64. The van der Waals surface area contributed by atoms with E-state index < -0.39 is 4.92 Å². The summed E-state index contributed by atoms with van der Waals surface area (Å²) in [5, 5.41) is 13.0. The van der Waals surface area contributed by atoms with Crippen molar-refractivity contribution in [2.24, 2.45) is 0 Å². The third-order valence-electron chi connectivity index (χ3n) is 1.54. The molecule has 6 heteroatoms. The molecule has 0 atom stereocenters. The van der Waals surface area contributed by atoms with E-state index in [1.54, 1.807) is 12.1 Å². The van der Waals surface area contributed by atoms with Crippen molar-refractivity contribution >= 4 is 28.3 Å². The SMILES string of the molecule is CCNC(=O)/C=C/c1ccc([N+](=O)[O-])s1. The van der Waals surface area contributed by atoms with E-state index in [2.05, 4.69) is 5.32 Å². The van der Waals surface area contributed by atoms with Crippen molar-refractivity contribution in [3.63, 3.8) is 0 Å². The Kier molecular flexibility index (Phi) is 3.99. The first-order chi connectivity index (χ1) is 7.13. The lowest BCUT2D eigenvalue weighted by Gasteiger charge is -1.92. The van der Waals surface area contributed by atoms with E-state index in [1.807, 2.05) is 6.92 Å². The molecule has 0 aromatic carbocycles. The molecule has 1 aromatic heterocycles. The maximum atomic E-state index is 11.0. The molecule has 0 bridgehead atoms. The van der Waals surface area contributed by atoms with Gasteiger partial charge >= 0.3 is 5.00 Å². The fraction of sp³-hybridized carbons (Fsp3) is 0.222. The molecule has 0 radical (unpaired) electrons. The molecule has 0 saturated heterocycles. The molecule has 1 heterocycles. The zero-order valence-corrected chi connectivity index (χ0v) is 8.91. The van der Waals surface area contributed by atoms with Gasteiger partial charge in [0, 0.05) is 23.6 Å². The molecule has 80 valence electrons. The van der Waals surface area contributed by atoms with Crippen molar-refractivity contribution in [1.29, 1.82) is 0 Å². The maximum absolute atomic E-state index is 11.0. The summed E-state index contributed by atoms with van der Waals surface area (Å²) in [6.07, 6.45) is 2.92. The highest BCUT2D eigenvalue weighted by Gasteiger charge is 2.07. The summed E-state index contributed by atoms with van der Waals surface area (Å²) in [5.74, 6) is -0.200. The van der Waals surface area contributed by atoms with Crippen molar-refractivity contribution in [1.82, 2.24) is 5.32 Å². The number of nitro groups is 1. The minimum Gasteiger partial charge on any atom is -0.353 e. The molecule has 1 rings (SSSR count). The minimum absolute atomic E-state index is 0.0746. The van der Waals surface area contributed by atoms with Gasteiger partial charge in [0.25, 0.3) is 0 Å². The average Bonchev–Trinajstić information content (AvgIpc) is 2.63. The molecule has 0 spiro atoms. The van der Waals surface area contributed by atoms with Crippen molar-refractivity contribution in [2.45, 2.75) is 6.92 Å². The van der Waals surface area contributed by atoms with Gasteiger partial charge in [0.2, 0.25) is 5.91 Å². The summed E-state index contributed by atoms with van der Waals surface area (Å²) >= 11 is 1.04. The van der Waals surface area contributed by atoms with Gasteiger partial charge in [-0.25, -0.2) is 0 Å². The van der Waals surface area contributed by atoms with Gasteiger partial charge in [0.15, 0.2) is 0 Å². The first-order valence-electron chi connectivity index (χ1n) is 4.33. The molecule has 1 aromatic rings. The second-order valence-corrected chi connectivity index (χ2v) is 3.75. The van der Waals surface area contributed by atoms with Crippen LogP contribution in [0.3, 0.4) is 0 Å². The van der Waals surface area contributed by atoms with Gasteiger partial charge in [-0.1, -0.05) is 11.3 Å². The van der Waals surface area contributed by atoms with Crippen LogP contribution in [-0.4, -0.2) is 17.4 Å². The van der Waals surface area contributed by atoms with Crippen LogP contribution in [0.15, 0.2) is 18.2 Å². The topological polar surface area (TPSA) is 72.2 Å². The highest BCUT2D eigenvalue weighted by Crippen LogP contribution is 2.24. The number of carbonyl (C=O) groups is 1. The van der Waals surface area contributed by atoms with Crippen molar-refractivity contribution < 1.29 is 9.72 Å². The highest BCUT2D eigenvalue weighted by atomic mass is 32.1. The summed E-state index contributed by atoms with van der Waals surface area (Å²) < 4.78 is 0. The van der Waals surface area contributed by atoms with Crippen LogP contribution >= 0.6 is 11.3 Å². The Morgan fingerprint density at radius 3 is 2.93 bits per heavy atom. The Bertz CT molecular complexity index is 398. The van der Waals surface area contributed by atoms with E-state index in [-0.39, 0.29) is 10.9 Å². The third-order valence-corrected chi connectivity index (χ3v) is 2.54. The number of nitrogens with one attached hydrogen (secondary N) is 1. The van der Waals surface area contributed by atoms with E-state index >= 15 is 0 Å². The van der Waals surface area contributed by atoms with Gasteiger partial charge in [-0.2, -0.15) is 0 Å². The molecule has 15 heavy (non-hydrogen) atoms.